The van der Waals surface area contributed by atoms with E-state index in [-0.39, 0.29) is 5.56 Å². The molecule has 1 aliphatic rings. The maximum absolute atomic E-state index is 12.3. The van der Waals surface area contributed by atoms with Crippen LogP contribution in [0.25, 0.3) is 22.4 Å². The second kappa shape index (κ2) is 10.7. The van der Waals surface area contributed by atoms with Crippen molar-refractivity contribution in [1.82, 2.24) is 19.4 Å². The van der Waals surface area contributed by atoms with Gasteiger partial charge in [0.05, 0.1) is 17.1 Å². The molecular weight excluding hydrogens is 448 g/mol. The van der Waals surface area contributed by atoms with Gasteiger partial charge in [0.25, 0.3) is 5.56 Å². The van der Waals surface area contributed by atoms with Crippen LogP contribution < -0.4 is 10.9 Å². The van der Waals surface area contributed by atoms with Crippen molar-refractivity contribution in [2.24, 2.45) is 13.0 Å². The SMILES string of the molecule is CO[C@H](C)[C@H](NCc1ccc2c(c1)nc(-c1cc(C)c(=O)n(C)c1)n2CC1CCOCC1)C(=O)O. The van der Waals surface area contributed by atoms with Crippen LogP contribution in [0.15, 0.2) is 35.3 Å². The highest BCUT2D eigenvalue weighted by molar-refractivity contribution is 5.81. The van der Waals surface area contributed by atoms with Gasteiger partial charge in [-0.25, -0.2) is 4.98 Å². The third-order valence-corrected chi connectivity index (χ3v) is 6.85. The van der Waals surface area contributed by atoms with E-state index in [0.29, 0.717) is 18.0 Å². The number of hydrogen-bond donors (Lipinski definition) is 2. The molecule has 1 aromatic carbocycles. The van der Waals surface area contributed by atoms with E-state index >= 15 is 0 Å². The third kappa shape index (κ3) is 5.47. The summed E-state index contributed by atoms with van der Waals surface area (Å²) in [5.41, 5.74) is 4.34. The molecule has 2 aromatic heterocycles. The van der Waals surface area contributed by atoms with Gasteiger partial charge in [-0.3, -0.25) is 14.9 Å². The van der Waals surface area contributed by atoms with E-state index in [1.807, 2.05) is 37.4 Å². The zero-order chi connectivity index (χ0) is 25.1. The Morgan fingerprint density at radius 1 is 1.31 bits per heavy atom. The largest absolute Gasteiger partial charge is 0.480 e. The van der Waals surface area contributed by atoms with Crippen molar-refractivity contribution in [3.8, 4) is 11.4 Å². The summed E-state index contributed by atoms with van der Waals surface area (Å²) >= 11 is 0. The van der Waals surface area contributed by atoms with Crippen LogP contribution in [-0.2, 0) is 34.4 Å². The number of methoxy groups -OCH3 is 1. The summed E-state index contributed by atoms with van der Waals surface area (Å²) in [6.45, 7) is 6.29. The van der Waals surface area contributed by atoms with Gasteiger partial charge in [-0.1, -0.05) is 6.07 Å². The molecule has 9 nitrogen and oxygen atoms in total. The number of nitrogens with one attached hydrogen (secondary N) is 1. The summed E-state index contributed by atoms with van der Waals surface area (Å²) < 4.78 is 14.6. The molecule has 4 rings (SSSR count). The van der Waals surface area contributed by atoms with Crippen molar-refractivity contribution in [1.29, 1.82) is 0 Å². The number of rotatable bonds is 9. The predicted octanol–water partition coefficient (Wildman–Crippen LogP) is 2.71. The summed E-state index contributed by atoms with van der Waals surface area (Å²) in [6.07, 6.45) is 3.38. The van der Waals surface area contributed by atoms with Gasteiger partial charge in [0, 0.05) is 57.8 Å². The molecule has 0 radical (unpaired) electrons. The highest BCUT2D eigenvalue weighted by atomic mass is 16.5. The van der Waals surface area contributed by atoms with Gasteiger partial charge in [0.15, 0.2) is 0 Å². The summed E-state index contributed by atoms with van der Waals surface area (Å²) in [5, 5.41) is 12.6. The summed E-state index contributed by atoms with van der Waals surface area (Å²) in [5.74, 6) is 0.363. The summed E-state index contributed by atoms with van der Waals surface area (Å²) in [6, 6.07) is 7.13. The molecule has 3 heterocycles. The fourth-order valence-corrected chi connectivity index (χ4v) is 4.70. The zero-order valence-electron chi connectivity index (χ0n) is 20.8. The minimum Gasteiger partial charge on any atom is -0.480 e. The molecule has 0 aliphatic carbocycles. The number of carbonyl (C=O) groups is 1. The quantitative estimate of drug-likeness (QED) is 0.483. The molecule has 1 aliphatic heterocycles. The Bertz CT molecular complexity index is 1230. The Kier molecular flexibility index (Phi) is 7.69. The van der Waals surface area contributed by atoms with Crippen molar-refractivity contribution in [3.05, 3.63) is 51.9 Å². The fourth-order valence-electron chi connectivity index (χ4n) is 4.70. The highest BCUT2D eigenvalue weighted by Crippen LogP contribution is 2.29. The Morgan fingerprint density at radius 3 is 2.71 bits per heavy atom. The monoisotopic (exact) mass is 482 g/mol. The normalized spacial score (nSPS) is 16.5. The lowest BCUT2D eigenvalue weighted by Gasteiger charge is -2.23. The molecule has 35 heavy (non-hydrogen) atoms. The Balaban J connectivity index is 1.71. The van der Waals surface area contributed by atoms with Gasteiger partial charge in [-0.05, 0) is 56.4 Å². The molecule has 3 aromatic rings. The number of fused-ring (bicyclic) bond motifs is 1. The molecule has 0 spiro atoms. The number of imidazole rings is 1. The van der Waals surface area contributed by atoms with Gasteiger partial charge in [0.1, 0.15) is 11.9 Å². The van der Waals surface area contributed by atoms with Crippen LogP contribution in [0.4, 0.5) is 0 Å². The van der Waals surface area contributed by atoms with Gasteiger partial charge in [-0.15, -0.1) is 0 Å². The average molecular weight is 483 g/mol. The first-order valence-corrected chi connectivity index (χ1v) is 12.0. The number of aryl methyl sites for hydroxylation is 2. The van der Waals surface area contributed by atoms with Crippen molar-refractivity contribution < 1.29 is 19.4 Å². The van der Waals surface area contributed by atoms with Crippen LogP contribution in [0.5, 0.6) is 0 Å². The minimum atomic E-state index is -0.950. The molecule has 1 saturated heterocycles. The lowest BCUT2D eigenvalue weighted by molar-refractivity contribution is -0.142. The van der Waals surface area contributed by atoms with Crippen LogP contribution in [-0.4, -0.2) is 57.7 Å². The minimum absolute atomic E-state index is 0.0209. The number of carboxylic acid groups (broad SMARTS) is 1. The van der Waals surface area contributed by atoms with Crippen molar-refractivity contribution >= 4 is 17.0 Å². The van der Waals surface area contributed by atoms with Crippen LogP contribution in [0.1, 0.15) is 30.9 Å². The lowest BCUT2D eigenvalue weighted by Crippen LogP contribution is -2.45. The second-order valence-electron chi connectivity index (χ2n) is 9.39. The Morgan fingerprint density at radius 2 is 2.06 bits per heavy atom. The molecule has 9 heteroatoms. The first kappa shape index (κ1) is 25.1. The second-order valence-corrected chi connectivity index (χ2v) is 9.39. The summed E-state index contributed by atoms with van der Waals surface area (Å²) in [4.78, 5) is 28.9. The van der Waals surface area contributed by atoms with Crippen molar-refractivity contribution in [2.45, 2.75) is 51.9 Å². The van der Waals surface area contributed by atoms with Gasteiger partial charge in [-0.2, -0.15) is 0 Å². The summed E-state index contributed by atoms with van der Waals surface area (Å²) in [7, 11) is 3.26. The third-order valence-electron chi connectivity index (χ3n) is 6.85. The maximum Gasteiger partial charge on any atom is 0.323 e. The maximum atomic E-state index is 12.3. The molecule has 0 unspecified atom stereocenters. The van der Waals surface area contributed by atoms with E-state index in [4.69, 9.17) is 14.5 Å². The van der Waals surface area contributed by atoms with Crippen LogP contribution >= 0.6 is 0 Å². The number of ether oxygens (including phenoxy) is 2. The van der Waals surface area contributed by atoms with E-state index < -0.39 is 18.1 Å². The lowest BCUT2D eigenvalue weighted by atomic mass is 10.00. The number of benzene rings is 1. The van der Waals surface area contributed by atoms with Crippen LogP contribution in [0, 0.1) is 12.8 Å². The number of aromatic nitrogens is 3. The van der Waals surface area contributed by atoms with Gasteiger partial charge < -0.3 is 23.7 Å². The number of pyridine rings is 1. The van der Waals surface area contributed by atoms with Crippen LogP contribution in [0.2, 0.25) is 0 Å². The molecule has 0 bridgehead atoms. The average Bonchev–Trinajstić information content (AvgIpc) is 3.20. The Labute approximate surface area is 204 Å². The molecule has 0 amide bonds. The standard InChI is InChI=1S/C26H34N4O5/c1-16-11-20(15-29(3)25(16)31)24-28-21-12-19(13-27-23(26(32)33)17(2)34-4)5-6-22(21)30(24)14-18-7-9-35-10-8-18/h5-6,11-12,15,17-18,23,27H,7-10,13-14H2,1-4H3,(H,32,33)/t17-,23+/m1/s1. The molecule has 2 N–H and O–H groups in total. The molecule has 188 valence electrons. The number of nitrogens with zero attached hydrogens (tertiary/aromatic N) is 3. The Hall–Kier alpha value is -3.01. The van der Waals surface area contributed by atoms with E-state index in [1.165, 1.54) is 7.11 Å². The smallest absolute Gasteiger partial charge is 0.323 e. The topological polar surface area (TPSA) is 108 Å². The molecule has 2 atom stereocenters. The van der Waals surface area contributed by atoms with Crippen molar-refractivity contribution in [3.63, 3.8) is 0 Å². The van der Waals surface area contributed by atoms with Crippen LogP contribution in [0.3, 0.4) is 0 Å². The van der Waals surface area contributed by atoms with Gasteiger partial charge in [0.2, 0.25) is 0 Å². The van der Waals surface area contributed by atoms with Gasteiger partial charge >= 0.3 is 5.97 Å². The van der Waals surface area contributed by atoms with E-state index in [1.54, 1.807) is 18.5 Å². The van der Waals surface area contributed by atoms with E-state index in [9.17, 15) is 14.7 Å². The first-order valence-electron chi connectivity index (χ1n) is 12.0. The fraction of sp³-hybridized carbons (Fsp3) is 0.500. The first-order chi connectivity index (χ1) is 16.8. The number of aliphatic carboxylic acids is 1. The molecule has 1 fully saturated rings. The molecular formula is C26H34N4O5. The predicted molar refractivity (Wildman–Crippen MR) is 133 cm³/mol. The number of carboxylic acids is 1. The van der Waals surface area contributed by atoms with E-state index in [2.05, 4.69) is 9.88 Å². The highest BCUT2D eigenvalue weighted by Gasteiger charge is 2.24. The zero-order valence-corrected chi connectivity index (χ0v) is 20.8. The van der Waals surface area contributed by atoms with E-state index in [0.717, 1.165) is 60.6 Å². The molecule has 0 saturated carbocycles. The number of hydrogen-bond acceptors (Lipinski definition) is 6. The van der Waals surface area contributed by atoms with Crippen molar-refractivity contribution in [2.75, 3.05) is 20.3 Å².